The van der Waals surface area contributed by atoms with E-state index in [0.717, 1.165) is 26.2 Å². The molecule has 0 bridgehead atoms. The third kappa shape index (κ3) is 3.65. The topological polar surface area (TPSA) is 15.8 Å². The Morgan fingerprint density at radius 1 is 1.33 bits per heavy atom. The molecule has 1 atom stereocenters. The molecule has 2 nitrogen and oxygen atoms in total. The average molecular weight is 205 g/mol. The van der Waals surface area contributed by atoms with Gasteiger partial charge >= 0.3 is 0 Å². The maximum Gasteiger partial charge on any atom is 0.0936 e. The summed E-state index contributed by atoms with van der Waals surface area (Å²) in [7, 11) is 0. The van der Waals surface area contributed by atoms with Gasteiger partial charge in [0.25, 0.3) is 0 Å². The Morgan fingerprint density at radius 2 is 2.07 bits per heavy atom. The van der Waals surface area contributed by atoms with Crippen LogP contribution in [0.4, 0.5) is 0 Å². The molecule has 1 aliphatic heterocycles. The predicted octanol–water partition coefficient (Wildman–Crippen LogP) is 2.30. The second kappa shape index (κ2) is 5.29. The Labute approximate surface area is 91.9 Å². The van der Waals surface area contributed by atoms with E-state index in [4.69, 9.17) is 4.74 Å². The van der Waals surface area contributed by atoms with Crippen molar-refractivity contribution in [2.45, 2.75) is 26.0 Å². The van der Waals surface area contributed by atoms with Crippen molar-refractivity contribution in [2.75, 3.05) is 19.7 Å². The lowest BCUT2D eigenvalue weighted by Gasteiger charge is -2.20. The molecule has 0 aliphatic carbocycles. The molecule has 1 heterocycles. The second-order valence-corrected chi connectivity index (χ2v) is 4.18. The summed E-state index contributed by atoms with van der Waals surface area (Å²) < 4.78 is 5.28. The molecule has 1 saturated heterocycles. The highest BCUT2D eigenvalue weighted by Crippen LogP contribution is 2.13. The van der Waals surface area contributed by atoms with Crippen LogP contribution in [0, 0.1) is 0 Å². The SMILES string of the molecule is CCCN(Cc1ccccc1)C[C@H]1CO1. The fourth-order valence-corrected chi connectivity index (χ4v) is 1.85. The van der Waals surface area contributed by atoms with Crippen LogP contribution in [0.3, 0.4) is 0 Å². The van der Waals surface area contributed by atoms with Gasteiger partial charge in [0.2, 0.25) is 0 Å². The van der Waals surface area contributed by atoms with Crippen molar-refractivity contribution in [1.82, 2.24) is 4.90 Å². The number of hydrogen-bond donors (Lipinski definition) is 0. The van der Waals surface area contributed by atoms with Crippen LogP contribution in [0.25, 0.3) is 0 Å². The molecule has 0 amide bonds. The van der Waals surface area contributed by atoms with E-state index in [0.29, 0.717) is 6.10 Å². The summed E-state index contributed by atoms with van der Waals surface area (Å²) in [6.45, 7) is 6.48. The van der Waals surface area contributed by atoms with Crippen LogP contribution < -0.4 is 0 Å². The fourth-order valence-electron chi connectivity index (χ4n) is 1.85. The van der Waals surface area contributed by atoms with Gasteiger partial charge < -0.3 is 4.74 Å². The van der Waals surface area contributed by atoms with Crippen molar-refractivity contribution in [3.05, 3.63) is 35.9 Å². The summed E-state index contributed by atoms with van der Waals surface area (Å²) in [4.78, 5) is 2.48. The van der Waals surface area contributed by atoms with E-state index < -0.39 is 0 Å². The summed E-state index contributed by atoms with van der Waals surface area (Å²) in [6.07, 6.45) is 1.71. The van der Waals surface area contributed by atoms with Crippen LogP contribution in [0.2, 0.25) is 0 Å². The van der Waals surface area contributed by atoms with Crippen molar-refractivity contribution in [2.24, 2.45) is 0 Å². The molecule has 1 aromatic rings. The van der Waals surface area contributed by atoms with Crippen molar-refractivity contribution in [3.63, 3.8) is 0 Å². The first kappa shape index (κ1) is 10.7. The number of nitrogens with zero attached hydrogens (tertiary/aromatic N) is 1. The molecular formula is C13H19NO. The lowest BCUT2D eigenvalue weighted by molar-refractivity contribution is 0.235. The molecule has 0 saturated carbocycles. The quantitative estimate of drug-likeness (QED) is 0.662. The molecule has 1 fully saturated rings. The Balaban J connectivity index is 1.87. The van der Waals surface area contributed by atoms with E-state index in [-0.39, 0.29) is 0 Å². The standard InChI is InChI=1S/C13H19NO/c1-2-8-14(10-13-11-15-13)9-12-6-4-3-5-7-12/h3-7,13H,2,8-11H2,1H3/t13-/m0/s1. The van der Waals surface area contributed by atoms with Crippen LogP contribution in [0.5, 0.6) is 0 Å². The van der Waals surface area contributed by atoms with Gasteiger partial charge in [-0.05, 0) is 18.5 Å². The lowest BCUT2D eigenvalue weighted by Crippen LogP contribution is -2.28. The van der Waals surface area contributed by atoms with Gasteiger partial charge in [0.05, 0.1) is 12.7 Å². The third-order valence-corrected chi connectivity index (χ3v) is 2.65. The van der Waals surface area contributed by atoms with Crippen LogP contribution in [-0.4, -0.2) is 30.7 Å². The van der Waals surface area contributed by atoms with Crippen molar-refractivity contribution in [1.29, 1.82) is 0 Å². The highest BCUT2D eigenvalue weighted by Gasteiger charge is 2.24. The fraction of sp³-hybridized carbons (Fsp3) is 0.538. The minimum atomic E-state index is 0.500. The van der Waals surface area contributed by atoms with Crippen molar-refractivity contribution < 1.29 is 4.74 Å². The maximum absolute atomic E-state index is 5.28. The zero-order chi connectivity index (χ0) is 10.5. The van der Waals surface area contributed by atoms with Gasteiger partial charge in [-0.1, -0.05) is 37.3 Å². The first-order chi connectivity index (χ1) is 7.38. The summed E-state index contributed by atoms with van der Waals surface area (Å²) in [5.74, 6) is 0. The molecule has 82 valence electrons. The number of hydrogen-bond acceptors (Lipinski definition) is 2. The van der Waals surface area contributed by atoms with Crippen molar-refractivity contribution >= 4 is 0 Å². The van der Waals surface area contributed by atoms with Gasteiger partial charge in [0.15, 0.2) is 0 Å². The van der Waals surface area contributed by atoms with Crippen LogP contribution in [-0.2, 0) is 11.3 Å². The monoisotopic (exact) mass is 205 g/mol. The lowest BCUT2D eigenvalue weighted by atomic mass is 10.2. The molecule has 0 N–H and O–H groups in total. The highest BCUT2D eigenvalue weighted by atomic mass is 16.6. The Hall–Kier alpha value is -0.860. The van der Waals surface area contributed by atoms with E-state index in [1.165, 1.54) is 12.0 Å². The number of ether oxygens (including phenoxy) is 1. The summed E-state index contributed by atoms with van der Waals surface area (Å²) in [6, 6.07) is 10.7. The molecule has 0 spiro atoms. The van der Waals surface area contributed by atoms with E-state index in [2.05, 4.69) is 42.2 Å². The third-order valence-electron chi connectivity index (χ3n) is 2.65. The first-order valence-corrected chi connectivity index (χ1v) is 5.76. The maximum atomic E-state index is 5.28. The molecule has 2 heteroatoms. The largest absolute Gasteiger partial charge is 0.372 e. The van der Waals surface area contributed by atoms with E-state index in [1.807, 2.05) is 0 Å². The zero-order valence-electron chi connectivity index (χ0n) is 9.36. The molecule has 0 radical (unpaired) electrons. The Bertz CT molecular complexity index is 282. The van der Waals surface area contributed by atoms with Gasteiger partial charge in [0, 0.05) is 13.1 Å². The highest BCUT2D eigenvalue weighted by molar-refractivity contribution is 5.14. The van der Waals surface area contributed by atoms with Gasteiger partial charge in [0.1, 0.15) is 0 Å². The molecule has 15 heavy (non-hydrogen) atoms. The van der Waals surface area contributed by atoms with Gasteiger partial charge in [-0.3, -0.25) is 4.90 Å². The molecule has 2 rings (SSSR count). The van der Waals surface area contributed by atoms with Crippen LogP contribution >= 0.6 is 0 Å². The van der Waals surface area contributed by atoms with Gasteiger partial charge in [-0.2, -0.15) is 0 Å². The minimum absolute atomic E-state index is 0.500. The molecule has 0 unspecified atom stereocenters. The average Bonchev–Trinajstić information content (AvgIpc) is 3.03. The van der Waals surface area contributed by atoms with Crippen molar-refractivity contribution in [3.8, 4) is 0 Å². The van der Waals surface area contributed by atoms with E-state index >= 15 is 0 Å². The summed E-state index contributed by atoms with van der Waals surface area (Å²) >= 11 is 0. The number of epoxide rings is 1. The summed E-state index contributed by atoms with van der Waals surface area (Å²) in [5, 5.41) is 0. The normalized spacial score (nSPS) is 19.5. The van der Waals surface area contributed by atoms with E-state index in [1.54, 1.807) is 0 Å². The predicted molar refractivity (Wildman–Crippen MR) is 61.8 cm³/mol. The summed E-state index contributed by atoms with van der Waals surface area (Å²) in [5.41, 5.74) is 1.40. The molecular weight excluding hydrogens is 186 g/mol. The zero-order valence-corrected chi connectivity index (χ0v) is 9.36. The Morgan fingerprint density at radius 3 is 2.67 bits per heavy atom. The van der Waals surface area contributed by atoms with Crippen LogP contribution in [0.15, 0.2) is 30.3 Å². The number of rotatable bonds is 6. The number of benzene rings is 1. The first-order valence-electron chi connectivity index (χ1n) is 5.76. The second-order valence-electron chi connectivity index (χ2n) is 4.18. The Kier molecular flexibility index (Phi) is 3.75. The van der Waals surface area contributed by atoms with Crippen LogP contribution in [0.1, 0.15) is 18.9 Å². The minimum Gasteiger partial charge on any atom is -0.372 e. The van der Waals surface area contributed by atoms with E-state index in [9.17, 15) is 0 Å². The molecule has 0 aromatic heterocycles. The molecule has 1 aromatic carbocycles. The van der Waals surface area contributed by atoms with Gasteiger partial charge in [-0.15, -0.1) is 0 Å². The van der Waals surface area contributed by atoms with Gasteiger partial charge in [-0.25, -0.2) is 0 Å². The molecule has 1 aliphatic rings. The smallest absolute Gasteiger partial charge is 0.0936 e.